The third-order valence-corrected chi connectivity index (χ3v) is 4.37. The van der Waals surface area contributed by atoms with Crippen molar-refractivity contribution in [2.75, 3.05) is 6.79 Å². The van der Waals surface area contributed by atoms with Crippen molar-refractivity contribution in [1.29, 1.82) is 0 Å². The van der Waals surface area contributed by atoms with Crippen LogP contribution < -0.4 is 20.1 Å². The Morgan fingerprint density at radius 3 is 2.88 bits per heavy atom. The third-order valence-electron chi connectivity index (χ3n) is 4.37. The van der Waals surface area contributed by atoms with Gasteiger partial charge in [0.25, 0.3) is 0 Å². The third kappa shape index (κ3) is 3.67. The number of rotatable bonds is 5. The zero-order valence-electron chi connectivity index (χ0n) is 14.5. The topological polar surface area (TPSA) is 85.6 Å². The van der Waals surface area contributed by atoms with Crippen LogP contribution in [0.15, 0.2) is 23.2 Å². The van der Waals surface area contributed by atoms with Crippen molar-refractivity contribution in [2.24, 2.45) is 12.0 Å². The van der Waals surface area contributed by atoms with Crippen LogP contribution in [0.2, 0.25) is 0 Å². The van der Waals surface area contributed by atoms with E-state index in [0.717, 1.165) is 34.7 Å². The minimum Gasteiger partial charge on any atom is -0.454 e. The summed E-state index contributed by atoms with van der Waals surface area (Å²) >= 11 is 0. The fourth-order valence-electron chi connectivity index (χ4n) is 2.55. The fourth-order valence-corrected chi connectivity index (χ4v) is 2.55. The molecule has 2 aliphatic rings. The predicted octanol–water partition coefficient (Wildman–Crippen LogP) is 1.25. The summed E-state index contributed by atoms with van der Waals surface area (Å²) in [6.07, 6.45) is 2.38. The normalized spacial score (nSPS) is 16.2. The van der Waals surface area contributed by atoms with Gasteiger partial charge in [-0.15, -0.1) is 10.2 Å². The lowest BCUT2D eigenvalue weighted by molar-refractivity contribution is 0.174. The summed E-state index contributed by atoms with van der Waals surface area (Å²) in [5.74, 6) is 4.14. The molecule has 1 aliphatic heterocycles. The monoisotopic (exact) mass is 342 g/mol. The van der Waals surface area contributed by atoms with Gasteiger partial charge < -0.3 is 24.7 Å². The zero-order valence-corrected chi connectivity index (χ0v) is 14.5. The Morgan fingerprint density at radius 2 is 2.12 bits per heavy atom. The summed E-state index contributed by atoms with van der Waals surface area (Å²) in [7, 11) is 1.96. The maximum Gasteiger partial charge on any atom is 0.231 e. The number of guanidine groups is 1. The second-order valence-electron chi connectivity index (χ2n) is 6.35. The Balaban J connectivity index is 1.42. The standard InChI is InChI=1S/C17H22N6O2/c1-11-21-22-16(23(11)2)9-19-17(20-13-4-5-13)18-8-12-3-6-14-15(7-12)25-10-24-14/h3,6-7,13H,4-5,8-10H2,1-2H3,(H2,18,19,20). The molecule has 2 N–H and O–H groups in total. The maximum absolute atomic E-state index is 5.42. The summed E-state index contributed by atoms with van der Waals surface area (Å²) in [5.41, 5.74) is 1.08. The Hall–Kier alpha value is -2.77. The van der Waals surface area contributed by atoms with Crippen molar-refractivity contribution >= 4 is 5.96 Å². The lowest BCUT2D eigenvalue weighted by Gasteiger charge is -2.12. The van der Waals surface area contributed by atoms with Gasteiger partial charge >= 0.3 is 0 Å². The average molecular weight is 342 g/mol. The van der Waals surface area contributed by atoms with Gasteiger partial charge in [-0.25, -0.2) is 4.99 Å². The molecule has 1 aromatic carbocycles. The van der Waals surface area contributed by atoms with Gasteiger partial charge in [-0.2, -0.15) is 0 Å². The zero-order chi connectivity index (χ0) is 17.2. The molecule has 0 bridgehead atoms. The highest BCUT2D eigenvalue weighted by molar-refractivity contribution is 5.80. The average Bonchev–Trinajstić information content (AvgIpc) is 3.21. The molecule has 2 aromatic rings. The maximum atomic E-state index is 5.42. The summed E-state index contributed by atoms with van der Waals surface area (Å²) in [4.78, 5) is 4.69. The van der Waals surface area contributed by atoms with Crippen LogP contribution in [0.5, 0.6) is 11.5 Å². The molecular weight excluding hydrogens is 320 g/mol. The fraction of sp³-hybridized carbons (Fsp3) is 0.471. The molecule has 8 nitrogen and oxygen atoms in total. The summed E-state index contributed by atoms with van der Waals surface area (Å²) in [6, 6.07) is 6.44. The first kappa shape index (κ1) is 15.7. The number of aromatic nitrogens is 3. The number of hydrogen-bond acceptors (Lipinski definition) is 5. The minimum atomic E-state index is 0.287. The number of aliphatic imine (C=N–C) groups is 1. The molecule has 8 heteroatoms. The van der Waals surface area contributed by atoms with Gasteiger partial charge in [0.15, 0.2) is 23.3 Å². The smallest absolute Gasteiger partial charge is 0.231 e. The molecule has 25 heavy (non-hydrogen) atoms. The van der Waals surface area contributed by atoms with Crippen molar-refractivity contribution in [2.45, 2.75) is 38.9 Å². The van der Waals surface area contributed by atoms with Crippen molar-refractivity contribution in [3.8, 4) is 11.5 Å². The molecule has 1 fully saturated rings. The highest BCUT2D eigenvalue weighted by Gasteiger charge is 2.22. The molecule has 0 radical (unpaired) electrons. The van der Waals surface area contributed by atoms with Gasteiger partial charge in [0.05, 0.1) is 13.1 Å². The van der Waals surface area contributed by atoms with Gasteiger partial charge in [-0.3, -0.25) is 0 Å². The molecule has 1 saturated carbocycles. The molecule has 2 heterocycles. The van der Waals surface area contributed by atoms with Crippen LogP contribution in [-0.2, 0) is 20.1 Å². The van der Waals surface area contributed by atoms with Gasteiger partial charge in [0, 0.05) is 13.1 Å². The van der Waals surface area contributed by atoms with Crippen molar-refractivity contribution in [1.82, 2.24) is 25.4 Å². The molecule has 4 rings (SSSR count). The van der Waals surface area contributed by atoms with Crippen LogP contribution in [0.4, 0.5) is 0 Å². The van der Waals surface area contributed by atoms with E-state index in [0.29, 0.717) is 19.1 Å². The quantitative estimate of drug-likeness (QED) is 0.628. The molecule has 0 atom stereocenters. The van der Waals surface area contributed by atoms with E-state index in [1.807, 2.05) is 36.7 Å². The highest BCUT2D eigenvalue weighted by atomic mass is 16.7. The van der Waals surface area contributed by atoms with Crippen LogP contribution in [0.25, 0.3) is 0 Å². The largest absolute Gasteiger partial charge is 0.454 e. The molecule has 0 amide bonds. The number of nitrogens with one attached hydrogen (secondary N) is 2. The van der Waals surface area contributed by atoms with Gasteiger partial charge in [-0.1, -0.05) is 6.07 Å². The molecule has 0 unspecified atom stereocenters. The van der Waals surface area contributed by atoms with Gasteiger partial charge in [-0.05, 0) is 37.5 Å². The van der Waals surface area contributed by atoms with E-state index in [9.17, 15) is 0 Å². The van der Waals surface area contributed by atoms with Crippen LogP contribution >= 0.6 is 0 Å². The Kier molecular flexibility index (Phi) is 4.17. The lowest BCUT2D eigenvalue weighted by Crippen LogP contribution is -2.38. The Bertz CT molecular complexity index is 796. The van der Waals surface area contributed by atoms with Gasteiger partial charge in [0.2, 0.25) is 6.79 Å². The van der Waals surface area contributed by atoms with E-state index in [-0.39, 0.29) is 6.79 Å². The SMILES string of the molecule is Cc1nnc(CNC(=NCc2ccc3c(c2)OCO3)NC2CC2)n1C. The first-order valence-electron chi connectivity index (χ1n) is 8.47. The number of benzene rings is 1. The van der Waals surface area contributed by atoms with E-state index >= 15 is 0 Å². The first-order valence-corrected chi connectivity index (χ1v) is 8.47. The van der Waals surface area contributed by atoms with Crippen LogP contribution in [-0.4, -0.2) is 33.6 Å². The second kappa shape index (κ2) is 6.62. The number of hydrogen-bond donors (Lipinski definition) is 2. The molecule has 1 aliphatic carbocycles. The highest BCUT2D eigenvalue weighted by Crippen LogP contribution is 2.32. The number of fused-ring (bicyclic) bond motifs is 1. The molecule has 0 saturated heterocycles. The number of ether oxygens (including phenoxy) is 2. The Morgan fingerprint density at radius 1 is 1.28 bits per heavy atom. The van der Waals surface area contributed by atoms with E-state index in [1.54, 1.807) is 0 Å². The van der Waals surface area contributed by atoms with Crippen molar-refractivity contribution < 1.29 is 9.47 Å². The summed E-state index contributed by atoms with van der Waals surface area (Å²) < 4.78 is 12.7. The van der Waals surface area contributed by atoms with E-state index in [4.69, 9.17) is 14.5 Å². The number of aryl methyl sites for hydroxylation is 1. The predicted molar refractivity (Wildman–Crippen MR) is 92.4 cm³/mol. The van der Waals surface area contributed by atoms with Crippen molar-refractivity contribution in [3.63, 3.8) is 0 Å². The van der Waals surface area contributed by atoms with Crippen LogP contribution in [0.1, 0.15) is 30.1 Å². The minimum absolute atomic E-state index is 0.287. The van der Waals surface area contributed by atoms with Gasteiger partial charge in [0.1, 0.15) is 5.82 Å². The van der Waals surface area contributed by atoms with Crippen LogP contribution in [0, 0.1) is 6.92 Å². The molecule has 132 valence electrons. The van der Waals surface area contributed by atoms with E-state index < -0.39 is 0 Å². The second-order valence-corrected chi connectivity index (χ2v) is 6.35. The van der Waals surface area contributed by atoms with E-state index in [1.165, 1.54) is 12.8 Å². The number of nitrogens with zero attached hydrogens (tertiary/aromatic N) is 4. The lowest BCUT2D eigenvalue weighted by atomic mass is 10.2. The molecule has 0 spiro atoms. The summed E-state index contributed by atoms with van der Waals surface area (Å²) in [6.45, 7) is 3.37. The Labute approximate surface area is 146 Å². The van der Waals surface area contributed by atoms with Crippen LogP contribution in [0.3, 0.4) is 0 Å². The van der Waals surface area contributed by atoms with E-state index in [2.05, 4.69) is 20.8 Å². The first-order chi connectivity index (χ1) is 12.2. The summed E-state index contributed by atoms with van der Waals surface area (Å²) in [5, 5.41) is 15.0. The van der Waals surface area contributed by atoms with Crippen molar-refractivity contribution in [3.05, 3.63) is 35.4 Å². The molecule has 1 aromatic heterocycles. The molecular formula is C17H22N6O2.